The Hall–Kier alpha value is -1.12. The van der Waals surface area contributed by atoms with Crippen LogP contribution in [0.25, 0.3) is 0 Å². The van der Waals surface area contributed by atoms with E-state index in [0.29, 0.717) is 17.3 Å². The highest BCUT2D eigenvalue weighted by atomic mass is 16.5. The third kappa shape index (κ3) is 1.61. The summed E-state index contributed by atoms with van der Waals surface area (Å²) in [6, 6.07) is 0. The van der Waals surface area contributed by atoms with Crippen molar-refractivity contribution in [2.75, 3.05) is 6.61 Å². The maximum atomic E-state index is 10.6. The molecule has 0 bridgehead atoms. The summed E-state index contributed by atoms with van der Waals surface area (Å²) < 4.78 is 5.75. The molecule has 0 aromatic heterocycles. The molecule has 1 aliphatic heterocycles. The van der Waals surface area contributed by atoms with Crippen LogP contribution in [0, 0.1) is 28.6 Å². The van der Waals surface area contributed by atoms with Gasteiger partial charge in [0.15, 0.2) is 5.76 Å². The summed E-state index contributed by atoms with van der Waals surface area (Å²) in [4.78, 5) is 0. The lowest BCUT2D eigenvalue weighted by atomic mass is 9.51. The molecule has 2 fully saturated rings. The van der Waals surface area contributed by atoms with Crippen molar-refractivity contribution in [1.29, 1.82) is 0 Å². The van der Waals surface area contributed by atoms with E-state index in [1.807, 2.05) is 0 Å². The molecule has 4 aliphatic rings. The average molecular weight is 290 g/mol. The summed E-state index contributed by atoms with van der Waals surface area (Å²) in [5, 5.41) is 20.6. The first-order valence-electron chi connectivity index (χ1n) is 8.42. The summed E-state index contributed by atoms with van der Waals surface area (Å²) in [6.45, 7) is 4.65. The highest BCUT2D eigenvalue weighted by Crippen LogP contribution is 2.64. The number of fused-ring (bicyclic) bond motifs is 5. The SMILES string of the molecule is C[C@@]12CCC[C@H]1[C@@H]1CC=C3OCC(O)=C(O)[C@]3(C)[C@H]1CC2. The lowest BCUT2D eigenvalue weighted by molar-refractivity contribution is -0.0552. The smallest absolute Gasteiger partial charge is 0.169 e. The Labute approximate surface area is 126 Å². The van der Waals surface area contributed by atoms with Crippen molar-refractivity contribution in [1.82, 2.24) is 0 Å². The van der Waals surface area contributed by atoms with Crippen LogP contribution in [-0.2, 0) is 4.74 Å². The molecule has 3 nitrogen and oxygen atoms in total. The van der Waals surface area contributed by atoms with Gasteiger partial charge in [0.1, 0.15) is 18.1 Å². The van der Waals surface area contributed by atoms with E-state index >= 15 is 0 Å². The normalized spacial score (nSPS) is 48.9. The molecule has 0 unspecified atom stereocenters. The highest BCUT2D eigenvalue weighted by Gasteiger charge is 2.58. The van der Waals surface area contributed by atoms with Crippen molar-refractivity contribution in [3.05, 3.63) is 23.4 Å². The fourth-order valence-corrected chi connectivity index (χ4v) is 5.98. The maximum absolute atomic E-state index is 10.6. The molecule has 0 aromatic rings. The summed E-state index contributed by atoms with van der Waals surface area (Å²) in [5.74, 6) is 2.86. The fourth-order valence-electron chi connectivity index (χ4n) is 5.98. The second kappa shape index (κ2) is 4.21. The van der Waals surface area contributed by atoms with Crippen LogP contribution in [0.15, 0.2) is 23.4 Å². The van der Waals surface area contributed by atoms with Crippen molar-refractivity contribution in [2.45, 2.75) is 52.4 Å². The molecule has 5 atom stereocenters. The van der Waals surface area contributed by atoms with Gasteiger partial charge >= 0.3 is 0 Å². The van der Waals surface area contributed by atoms with Crippen LogP contribution >= 0.6 is 0 Å². The van der Waals surface area contributed by atoms with Crippen LogP contribution in [0.3, 0.4) is 0 Å². The quantitative estimate of drug-likeness (QED) is 0.692. The Morgan fingerprint density at radius 2 is 1.95 bits per heavy atom. The van der Waals surface area contributed by atoms with E-state index in [2.05, 4.69) is 19.9 Å². The Kier molecular flexibility index (Phi) is 2.71. The minimum absolute atomic E-state index is 0.0232. The van der Waals surface area contributed by atoms with Gasteiger partial charge in [-0.2, -0.15) is 0 Å². The van der Waals surface area contributed by atoms with Gasteiger partial charge in [-0.15, -0.1) is 0 Å². The van der Waals surface area contributed by atoms with Crippen LogP contribution in [0.1, 0.15) is 52.4 Å². The van der Waals surface area contributed by atoms with E-state index in [4.69, 9.17) is 4.74 Å². The zero-order valence-electron chi connectivity index (χ0n) is 13.1. The third-order valence-corrected chi connectivity index (χ3v) is 7.18. The van der Waals surface area contributed by atoms with Crippen molar-refractivity contribution in [3.8, 4) is 0 Å². The number of allylic oxidation sites excluding steroid dienone is 1. The largest absolute Gasteiger partial charge is 0.508 e. The summed E-state index contributed by atoms with van der Waals surface area (Å²) in [7, 11) is 0. The minimum atomic E-state index is -0.505. The van der Waals surface area contributed by atoms with Gasteiger partial charge in [-0.25, -0.2) is 0 Å². The predicted octanol–water partition coefficient (Wildman–Crippen LogP) is 4.47. The van der Waals surface area contributed by atoms with Gasteiger partial charge in [0.2, 0.25) is 0 Å². The molecular formula is C18H26O3. The van der Waals surface area contributed by atoms with Crippen LogP contribution in [0.4, 0.5) is 0 Å². The molecule has 3 heteroatoms. The van der Waals surface area contributed by atoms with Gasteiger partial charge in [-0.05, 0) is 68.3 Å². The Bertz CT molecular complexity index is 535. The molecule has 2 saturated carbocycles. The molecule has 0 amide bonds. The first-order chi connectivity index (χ1) is 9.97. The molecule has 1 heterocycles. The molecule has 3 aliphatic carbocycles. The number of aliphatic hydroxyl groups is 2. The number of aliphatic hydroxyl groups excluding tert-OH is 2. The van der Waals surface area contributed by atoms with Crippen molar-refractivity contribution in [3.63, 3.8) is 0 Å². The van der Waals surface area contributed by atoms with Crippen LogP contribution in [0.2, 0.25) is 0 Å². The molecule has 21 heavy (non-hydrogen) atoms. The second-order valence-electron chi connectivity index (χ2n) is 8.05. The lowest BCUT2D eigenvalue weighted by Crippen LogP contribution is -2.50. The first kappa shape index (κ1) is 13.5. The van der Waals surface area contributed by atoms with Gasteiger partial charge < -0.3 is 14.9 Å². The average Bonchev–Trinajstić information content (AvgIpc) is 2.86. The summed E-state index contributed by atoms with van der Waals surface area (Å²) in [6.07, 6.45) is 9.67. The predicted molar refractivity (Wildman–Crippen MR) is 80.7 cm³/mol. The number of rotatable bonds is 0. The first-order valence-corrected chi connectivity index (χ1v) is 8.42. The second-order valence-corrected chi connectivity index (χ2v) is 8.05. The topological polar surface area (TPSA) is 49.7 Å². The van der Waals surface area contributed by atoms with Gasteiger partial charge in [-0.1, -0.05) is 13.3 Å². The lowest BCUT2D eigenvalue weighted by Gasteiger charge is -2.55. The van der Waals surface area contributed by atoms with E-state index in [1.54, 1.807) is 0 Å². The number of hydrogen-bond acceptors (Lipinski definition) is 3. The fraction of sp³-hybridized carbons (Fsp3) is 0.778. The van der Waals surface area contributed by atoms with Crippen molar-refractivity contribution < 1.29 is 14.9 Å². The molecule has 0 aromatic carbocycles. The molecule has 0 spiro atoms. The number of hydrogen-bond donors (Lipinski definition) is 2. The molecule has 2 N–H and O–H groups in total. The highest BCUT2D eigenvalue weighted by molar-refractivity contribution is 5.31. The van der Waals surface area contributed by atoms with E-state index in [1.165, 1.54) is 25.7 Å². The third-order valence-electron chi connectivity index (χ3n) is 7.18. The minimum Gasteiger partial charge on any atom is -0.508 e. The zero-order chi connectivity index (χ0) is 14.8. The van der Waals surface area contributed by atoms with Crippen molar-refractivity contribution >= 4 is 0 Å². The summed E-state index contributed by atoms with van der Waals surface area (Å²) >= 11 is 0. The number of ether oxygens (including phenoxy) is 1. The van der Waals surface area contributed by atoms with Gasteiger partial charge in [0, 0.05) is 0 Å². The van der Waals surface area contributed by atoms with E-state index in [9.17, 15) is 10.2 Å². The van der Waals surface area contributed by atoms with Gasteiger partial charge in [0.25, 0.3) is 0 Å². The Balaban J connectivity index is 1.77. The van der Waals surface area contributed by atoms with Gasteiger partial charge in [-0.3, -0.25) is 0 Å². The van der Waals surface area contributed by atoms with Crippen LogP contribution < -0.4 is 0 Å². The molecule has 4 rings (SSSR count). The van der Waals surface area contributed by atoms with E-state index in [-0.39, 0.29) is 18.1 Å². The zero-order valence-corrected chi connectivity index (χ0v) is 13.1. The van der Waals surface area contributed by atoms with Crippen LogP contribution in [-0.4, -0.2) is 16.8 Å². The standard InChI is InChI=1S/C18H26O3/c1-17-8-3-4-12(17)11-5-6-15-18(2,13(11)7-9-17)16(20)14(19)10-21-15/h6,11-13,19-20H,3-5,7-10H2,1-2H3/t11-,12-,13-,17-,18+/m0/s1. The molecule has 0 radical (unpaired) electrons. The van der Waals surface area contributed by atoms with Crippen LogP contribution in [0.5, 0.6) is 0 Å². The Morgan fingerprint density at radius 1 is 1.14 bits per heavy atom. The summed E-state index contributed by atoms with van der Waals surface area (Å²) in [5.41, 5.74) is -0.00502. The van der Waals surface area contributed by atoms with E-state index < -0.39 is 5.41 Å². The Morgan fingerprint density at radius 3 is 2.76 bits per heavy atom. The van der Waals surface area contributed by atoms with E-state index in [0.717, 1.165) is 24.5 Å². The molecule has 0 saturated heterocycles. The monoisotopic (exact) mass is 290 g/mol. The maximum Gasteiger partial charge on any atom is 0.169 e. The van der Waals surface area contributed by atoms with Crippen molar-refractivity contribution in [2.24, 2.45) is 28.6 Å². The van der Waals surface area contributed by atoms with Gasteiger partial charge in [0.05, 0.1) is 5.41 Å². The molecule has 116 valence electrons. The molecular weight excluding hydrogens is 264 g/mol.